The highest BCUT2D eigenvalue weighted by Gasteiger charge is 2.30. The van der Waals surface area contributed by atoms with Crippen LogP contribution in [0.25, 0.3) is 5.69 Å². The smallest absolute Gasteiger partial charge is 0.416 e. The second kappa shape index (κ2) is 5.63. The SMILES string of the molecule is COc1cn(-c2cccc(C(F)(F)F)c2)nc(C(C)=O)c1=O. The monoisotopic (exact) mass is 312 g/mol. The molecule has 0 radical (unpaired) electrons. The van der Waals surface area contributed by atoms with Crippen LogP contribution in [0.5, 0.6) is 5.75 Å². The van der Waals surface area contributed by atoms with Gasteiger partial charge in [0.25, 0.3) is 5.43 Å². The Morgan fingerprint density at radius 3 is 2.55 bits per heavy atom. The highest BCUT2D eigenvalue weighted by molar-refractivity contribution is 5.92. The summed E-state index contributed by atoms with van der Waals surface area (Å²) in [6, 6.07) is 4.35. The van der Waals surface area contributed by atoms with Crippen LogP contribution < -0.4 is 10.2 Å². The number of ether oxygens (including phenoxy) is 1. The van der Waals surface area contributed by atoms with Crippen LogP contribution in [0, 0.1) is 0 Å². The van der Waals surface area contributed by atoms with E-state index in [4.69, 9.17) is 4.74 Å². The van der Waals surface area contributed by atoms with Crippen molar-refractivity contribution in [3.05, 3.63) is 51.9 Å². The Labute approximate surface area is 122 Å². The molecule has 0 spiro atoms. The Kier molecular flexibility index (Phi) is 4.03. The predicted octanol–water partition coefficient (Wildman–Crippen LogP) is 2.46. The molecule has 5 nitrogen and oxygen atoms in total. The first kappa shape index (κ1) is 15.7. The van der Waals surface area contributed by atoms with Crippen LogP contribution >= 0.6 is 0 Å². The van der Waals surface area contributed by atoms with Gasteiger partial charge in [0.1, 0.15) is 0 Å². The van der Waals surface area contributed by atoms with Crippen molar-refractivity contribution in [2.24, 2.45) is 0 Å². The predicted molar refractivity (Wildman–Crippen MR) is 71.4 cm³/mol. The number of hydrogen-bond donors (Lipinski definition) is 0. The van der Waals surface area contributed by atoms with Crippen molar-refractivity contribution in [3.63, 3.8) is 0 Å². The molecule has 1 aromatic heterocycles. The molecule has 0 aliphatic carbocycles. The number of nitrogens with zero attached hydrogens (tertiary/aromatic N) is 2. The normalized spacial score (nSPS) is 11.3. The molecule has 0 amide bonds. The van der Waals surface area contributed by atoms with Crippen LogP contribution in [-0.2, 0) is 6.18 Å². The number of hydrogen-bond acceptors (Lipinski definition) is 4. The summed E-state index contributed by atoms with van der Waals surface area (Å²) in [7, 11) is 1.22. The summed E-state index contributed by atoms with van der Waals surface area (Å²) in [6.45, 7) is 1.14. The number of Topliss-reactive ketones (excluding diaryl/α,β-unsaturated/α-hetero) is 1. The number of carbonyl (C=O) groups excluding carboxylic acids is 1. The van der Waals surface area contributed by atoms with Gasteiger partial charge in [0, 0.05) is 6.92 Å². The maximum Gasteiger partial charge on any atom is 0.416 e. The van der Waals surface area contributed by atoms with E-state index in [2.05, 4.69) is 5.10 Å². The van der Waals surface area contributed by atoms with Gasteiger partial charge in [-0.25, -0.2) is 4.68 Å². The van der Waals surface area contributed by atoms with Crippen molar-refractivity contribution in [3.8, 4) is 11.4 Å². The van der Waals surface area contributed by atoms with E-state index in [1.807, 2.05) is 0 Å². The number of aromatic nitrogens is 2. The number of halogens is 3. The molecule has 2 aromatic rings. The molecule has 1 heterocycles. The maximum absolute atomic E-state index is 12.7. The van der Waals surface area contributed by atoms with Crippen LogP contribution in [-0.4, -0.2) is 22.7 Å². The van der Waals surface area contributed by atoms with E-state index in [0.29, 0.717) is 0 Å². The highest BCUT2D eigenvalue weighted by Crippen LogP contribution is 2.30. The van der Waals surface area contributed by atoms with Crippen molar-refractivity contribution in [2.75, 3.05) is 7.11 Å². The average Bonchev–Trinajstić information content (AvgIpc) is 2.46. The van der Waals surface area contributed by atoms with Gasteiger partial charge in [-0.1, -0.05) is 6.07 Å². The molecule has 2 rings (SSSR count). The lowest BCUT2D eigenvalue weighted by Crippen LogP contribution is -2.21. The van der Waals surface area contributed by atoms with Crippen molar-refractivity contribution < 1.29 is 22.7 Å². The third-order valence-electron chi connectivity index (χ3n) is 2.88. The van der Waals surface area contributed by atoms with Gasteiger partial charge in [0.05, 0.1) is 24.6 Å². The van der Waals surface area contributed by atoms with Crippen molar-refractivity contribution >= 4 is 5.78 Å². The fraction of sp³-hybridized carbons (Fsp3) is 0.214. The molecule has 0 fully saturated rings. The number of benzene rings is 1. The quantitative estimate of drug-likeness (QED) is 0.817. The van der Waals surface area contributed by atoms with E-state index in [0.717, 1.165) is 29.9 Å². The lowest BCUT2D eigenvalue weighted by molar-refractivity contribution is -0.137. The molecule has 0 unspecified atom stereocenters. The van der Waals surface area contributed by atoms with E-state index in [9.17, 15) is 22.8 Å². The third-order valence-corrected chi connectivity index (χ3v) is 2.88. The molecule has 0 bridgehead atoms. The summed E-state index contributed by atoms with van der Waals surface area (Å²) < 4.78 is 44.1. The van der Waals surface area contributed by atoms with Gasteiger partial charge in [0.2, 0.25) is 0 Å². The molecule has 0 atom stereocenters. The lowest BCUT2D eigenvalue weighted by Gasteiger charge is -2.12. The Morgan fingerprint density at radius 2 is 2.00 bits per heavy atom. The summed E-state index contributed by atoms with van der Waals surface area (Å²) >= 11 is 0. The maximum atomic E-state index is 12.7. The van der Waals surface area contributed by atoms with Crippen LogP contribution in [0.3, 0.4) is 0 Å². The lowest BCUT2D eigenvalue weighted by atomic mass is 10.2. The molecule has 0 N–H and O–H groups in total. The molecular formula is C14H11F3N2O3. The van der Waals surface area contributed by atoms with Crippen LogP contribution in [0.2, 0.25) is 0 Å². The summed E-state index contributed by atoms with van der Waals surface area (Å²) in [4.78, 5) is 23.3. The van der Waals surface area contributed by atoms with Crippen molar-refractivity contribution in [1.82, 2.24) is 9.78 Å². The molecule has 0 aliphatic rings. The van der Waals surface area contributed by atoms with Crippen molar-refractivity contribution in [2.45, 2.75) is 13.1 Å². The Morgan fingerprint density at radius 1 is 1.32 bits per heavy atom. The summed E-state index contributed by atoms with van der Waals surface area (Å²) in [5.74, 6) is -0.790. The van der Waals surface area contributed by atoms with E-state index in [1.54, 1.807) is 0 Å². The Bertz CT molecular complexity index is 782. The highest BCUT2D eigenvalue weighted by atomic mass is 19.4. The number of alkyl halides is 3. The van der Waals surface area contributed by atoms with E-state index < -0.39 is 28.6 Å². The average molecular weight is 312 g/mol. The Balaban J connectivity index is 2.65. The van der Waals surface area contributed by atoms with E-state index >= 15 is 0 Å². The standard InChI is InChI=1S/C14H11F3N2O3/c1-8(20)12-13(21)11(22-2)7-19(18-12)10-5-3-4-9(6-10)14(15,16)17/h3-7H,1-2H3. The second-order valence-electron chi connectivity index (χ2n) is 4.42. The third kappa shape index (κ3) is 3.00. The van der Waals surface area contributed by atoms with Crippen LogP contribution in [0.1, 0.15) is 23.0 Å². The minimum atomic E-state index is -4.51. The molecule has 0 saturated carbocycles. The first-order chi connectivity index (χ1) is 10.2. The number of ketones is 1. The van der Waals surface area contributed by atoms with Gasteiger partial charge in [-0.15, -0.1) is 0 Å². The van der Waals surface area contributed by atoms with E-state index in [1.165, 1.54) is 19.2 Å². The minimum Gasteiger partial charge on any atom is -0.491 e. The fourth-order valence-corrected chi connectivity index (χ4v) is 1.80. The van der Waals surface area contributed by atoms with Crippen LogP contribution in [0.4, 0.5) is 13.2 Å². The topological polar surface area (TPSA) is 61.2 Å². The summed E-state index contributed by atoms with van der Waals surface area (Å²) in [6.07, 6.45) is -3.38. The molecule has 8 heteroatoms. The molecule has 0 aliphatic heterocycles. The Hall–Kier alpha value is -2.64. The zero-order chi connectivity index (χ0) is 16.5. The van der Waals surface area contributed by atoms with Gasteiger partial charge >= 0.3 is 6.18 Å². The minimum absolute atomic E-state index is 0.0515. The fourth-order valence-electron chi connectivity index (χ4n) is 1.80. The zero-order valence-electron chi connectivity index (χ0n) is 11.6. The van der Waals surface area contributed by atoms with Gasteiger partial charge in [-0.05, 0) is 18.2 Å². The second-order valence-corrected chi connectivity index (χ2v) is 4.42. The van der Waals surface area contributed by atoms with Crippen LogP contribution in [0.15, 0.2) is 35.3 Å². The molecule has 1 aromatic carbocycles. The molecule has 0 saturated heterocycles. The number of rotatable bonds is 3. The zero-order valence-corrected chi connectivity index (χ0v) is 11.6. The van der Waals surface area contributed by atoms with E-state index in [-0.39, 0.29) is 11.4 Å². The van der Waals surface area contributed by atoms with Gasteiger partial charge in [0.15, 0.2) is 17.2 Å². The number of methoxy groups -OCH3 is 1. The number of carbonyl (C=O) groups is 1. The summed E-state index contributed by atoms with van der Waals surface area (Å²) in [5, 5.41) is 3.78. The summed E-state index contributed by atoms with van der Waals surface area (Å²) in [5.41, 5.74) is -1.93. The first-order valence-corrected chi connectivity index (χ1v) is 6.10. The molecule has 22 heavy (non-hydrogen) atoms. The van der Waals surface area contributed by atoms with Crippen molar-refractivity contribution in [1.29, 1.82) is 0 Å². The van der Waals surface area contributed by atoms with Gasteiger partial charge in [-0.2, -0.15) is 18.3 Å². The van der Waals surface area contributed by atoms with Gasteiger partial charge in [-0.3, -0.25) is 9.59 Å². The molecule has 116 valence electrons. The largest absolute Gasteiger partial charge is 0.491 e. The molecular weight excluding hydrogens is 301 g/mol. The van der Waals surface area contributed by atoms with Gasteiger partial charge < -0.3 is 4.74 Å². The first-order valence-electron chi connectivity index (χ1n) is 6.10.